The zero-order valence-electron chi connectivity index (χ0n) is 12.8. The van der Waals surface area contributed by atoms with E-state index in [0.717, 1.165) is 33.0 Å². The quantitative estimate of drug-likeness (QED) is 0.552. The Kier molecular flexibility index (Phi) is 5.87. The molecular formula is C16H20IN3S. The second-order valence-corrected chi connectivity index (χ2v) is 6.97. The molecule has 2 aromatic rings. The molecule has 112 valence electrons. The van der Waals surface area contributed by atoms with Crippen LogP contribution in [0, 0.1) is 3.57 Å². The van der Waals surface area contributed by atoms with E-state index in [1.165, 1.54) is 4.90 Å². The van der Waals surface area contributed by atoms with Crippen LogP contribution in [0.5, 0.6) is 0 Å². The Bertz CT molecular complexity index is 612. The van der Waals surface area contributed by atoms with Crippen LogP contribution in [-0.4, -0.2) is 22.8 Å². The lowest BCUT2D eigenvalue weighted by Gasteiger charge is -2.14. The molecule has 0 saturated carbocycles. The molecule has 0 spiro atoms. The zero-order valence-corrected chi connectivity index (χ0v) is 15.7. The number of hydrogen-bond acceptors (Lipinski definition) is 4. The number of aromatic nitrogens is 2. The first-order valence-corrected chi connectivity index (χ1v) is 9.32. The highest BCUT2D eigenvalue weighted by molar-refractivity contribution is 14.1. The van der Waals surface area contributed by atoms with Crippen LogP contribution < -0.4 is 5.32 Å². The molecule has 0 amide bonds. The molecular weight excluding hydrogens is 393 g/mol. The van der Waals surface area contributed by atoms with Gasteiger partial charge in [-0.25, -0.2) is 9.97 Å². The first-order chi connectivity index (χ1) is 10.1. The lowest BCUT2D eigenvalue weighted by atomic mass is 10.1. The van der Waals surface area contributed by atoms with Crippen LogP contribution >= 0.6 is 34.4 Å². The van der Waals surface area contributed by atoms with Crippen molar-refractivity contribution >= 4 is 40.2 Å². The van der Waals surface area contributed by atoms with Gasteiger partial charge in [0.25, 0.3) is 0 Å². The standard InChI is InChI=1S/C16H20IN3S/c1-5-18-16-13(17)14(10(2)3)19-15(20-16)11-6-8-12(21-4)9-7-11/h6-10H,5H2,1-4H3,(H,18,19,20). The predicted octanol–water partition coefficient (Wildman–Crippen LogP) is 5.03. The highest BCUT2D eigenvalue weighted by Crippen LogP contribution is 2.29. The molecule has 0 aliphatic heterocycles. The maximum absolute atomic E-state index is 4.78. The van der Waals surface area contributed by atoms with Crippen LogP contribution in [0.4, 0.5) is 5.82 Å². The Labute approximate surface area is 144 Å². The second-order valence-electron chi connectivity index (χ2n) is 5.01. The largest absolute Gasteiger partial charge is 0.369 e. The molecule has 0 bridgehead atoms. The van der Waals surface area contributed by atoms with Gasteiger partial charge in [-0.15, -0.1) is 11.8 Å². The summed E-state index contributed by atoms with van der Waals surface area (Å²) in [6, 6.07) is 8.41. The van der Waals surface area contributed by atoms with Crippen molar-refractivity contribution in [3.05, 3.63) is 33.5 Å². The minimum Gasteiger partial charge on any atom is -0.369 e. The van der Waals surface area contributed by atoms with Gasteiger partial charge in [-0.05, 0) is 53.8 Å². The number of nitrogens with zero attached hydrogens (tertiary/aromatic N) is 2. The number of anilines is 1. The summed E-state index contributed by atoms with van der Waals surface area (Å²) < 4.78 is 1.12. The van der Waals surface area contributed by atoms with Crippen LogP contribution in [0.2, 0.25) is 0 Å². The van der Waals surface area contributed by atoms with Gasteiger partial charge >= 0.3 is 0 Å². The molecule has 0 aliphatic rings. The third-order valence-electron chi connectivity index (χ3n) is 3.12. The van der Waals surface area contributed by atoms with E-state index in [1.807, 2.05) is 0 Å². The molecule has 1 heterocycles. The van der Waals surface area contributed by atoms with Crippen molar-refractivity contribution in [1.29, 1.82) is 0 Å². The summed E-state index contributed by atoms with van der Waals surface area (Å²) in [5.41, 5.74) is 2.16. The molecule has 0 radical (unpaired) electrons. The van der Waals surface area contributed by atoms with Crippen molar-refractivity contribution in [2.75, 3.05) is 18.1 Å². The maximum atomic E-state index is 4.78. The molecule has 0 unspecified atom stereocenters. The SMILES string of the molecule is CCNc1nc(-c2ccc(SC)cc2)nc(C(C)C)c1I. The summed E-state index contributed by atoms with van der Waals surface area (Å²) in [5.74, 6) is 2.10. The predicted molar refractivity (Wildman–Crippen MR) is 100 cm³/mol. The van der Waals surface area contributed by atoms with Gasteiger partial charge in [0.2, 0.25) is 0 Å². The molecule has 1 aromatic heterocycles. The van der Waals surface area contributed by atoms with Gasteiger partial charge < -0.3 is 5.32 Å². The number of nitrogens with one attached hydrogen (secondary N) is 1. The van der Waals surface area contributed by atoms with Gasteiger partial charge in [-0.2, -0.15) is 0 Å². The van der Waals surface area contributed by atoms with Gasteiger partial charge in [-0.3, -0.25) is 0 Å². The monoisotopic (exact) mass is 413 g/mol. The van der Waals surface area contributed by atoms with E-state index in [2.05, 4.69) is 79.2 Å². The highest BCUT2D eigenvalue weighted by Gasteiger charge is 2.15. The molecule has 0 aliphatic carbocycles. The number of rotatable bonds is 5. The average Bonchev–Trinajstić information content (AvgIpc) is 2.49. The van der Waals surface area contributed by atoms with Crippen LogP contribution in [0.25, 0.3) is 11.4 Å². The molecule has 3 nitrogen and oxygen atoms in total. The minimum absolute atomic E-state index is 0.376. The van der Waals surface area contributed by atoms with Crippen molar-refractivity contribution in [3.63, 3.8) is 0 Å². The number of thioether (sulfide) groups is 1. The van der Waals surface area contributed by atoms with Crippen molar-refractivity contribution in [2.24, 2.45) is 0 Å². The van der Waals surface area contributed by atoms with Gasteiger partial charge in [0, 0.05) is 17.0 Å². The van der Waals surface area contributed by atoms with E-state index in [0.29, 0.717) is 5.92 Å². The molecule has 0 saturated heterocycles. The van der Waals surface area contributed by atoms with Gasteiger partial charge in [0.15, 0.2) is 5.82 Å². The Morgan fingerprint density at radius 1 is 1.19 bits per heavy atom. The molecule has 0 atom stereocenters. The Morgan fingerprint density at radius 2 is 1.86 bits per heavy atom. The first-order valence-electron chi connectivity index (χ1n) is 7.02. The molecule has 21 heavy (non-hydrogen) atoms. The topological polar surface area (TPSA) is 37.8 Å². The number of hydrogen-bond donors (Lipinski definition) is 1. The summed E-state index contributed by atoms with van der Waals surface area (Å²) in [7, 11) is 0. The van der Waals surface area contributed by atoms with E-state index in [-0.39, 0.29) is 0 Å². The molecule has 1 N–H and O–H groups in total. The highest BCUT2D eigenvalue weighted by atomic mass is 127. The molecule has 5 heteroatoms. The fourth-order valence-electron chi connectivity index (χ4n) is 2.00. The molecule has 1 aromatic carbocycles. The van der Waals surface area contributed by atoms with E-state index in [9.17, 15) is 0 Å². The number of halogens is 1. The number of benzene rings is 1. The fraction of sp³-hybridized carbons (Fsp3) is 0.375. The summed E-state index contributed by atoms with van der Waals surface area (Å²) in [4.78, 5) is 10.7. The fourth-order valence-corrected chi connectivity index (χ4v) is 3.46. The van der Waals surface area contributed by atoms with Gasteiger partial charge in [-0.1, -0.05) is 26.0 Å². The smallest absolute Gasteiger partial charge is 0.161 e. The Morgan fingerprint density at radius 3 is 2.38 bits per heavy atom. The van der Waals surface area contributed by atoms with Crippen LogP contribution in [0.3, 0.4) is 0 Å². The third-order valence-corrected chi connectivity index (χ3v) is 4.92. The summed E-state index contributed by atoms with van der Waals surface area (Å²) in [5, 5.41) is 3.34. The van der Waals surface area contributed by atoms with Gasteiger partial charge in [0.05, 0.1) is 9.26 Å². The molecule has 2 rings (SSSR count). The average molecular weight is 413 g/mol. The normalized spacial score (nSPS) is 11.0. The van der Waals surface area contributed by atoms with E-state index in [4.69, 9.17) is 9.97 Å². The van der Waals surface area contributed by atoms with Crippen LogP contribution in [-0.2, 0) is 0 Å². The first kappa shape index (κ1) is 16.5. The molecule has 0 fully saturated rings. The van der Waals surface area contributed by atoms with Gasteiger partial charge in [0.1, 0.15) is 5.82 Å². The lowest BCUT2D eigenvalue weighted by Crippen LogP contribution is -2.09. The Hall–Kier alpha value is -0.820. The van der Waals surface area contributed by atoms with E-state index < -0.39 is 0 Å². The third kappa shape index (κ3) is 3.88. The van der Waals surface area contributed by atoms with Crippen molar-refractivity contribution in [1.82, 2.24) is 9.97 Å². The lowest BCUT2D eigenvalue weighted by molar-refractivity contribution is 0.808. The Balaban J connectivity index is 2.51. The second kappa shape index (κ2) is 7.45. The van der Waals surface area contributed by atoms with Crippen LogP contribution in [0.15, 0.2) is 29.2 Å². The van der Waals surface area contributed by atoms with Crippen molar-refractivity contribution in [3.8, 4) is 11.4 Å². The summed E-state index contributed by atoms with van der Waals surface area (Å²) in [6.45, 7) is 7.28. The van der Waals surface area contributed by atoms with Crippen molar-refractivity contribution in [2.45, 2.75) is 31.6 Å². The van der Waals surface area contributed by atoms with E-state index >= 15 is 0 Å². The van der Waals surface area contributed by atoms with Crippen LogP contribution in [0.1, 0.15) is 32.4 Å². The maximum Gasteiger partial charge on any atom is 0.161 e. The van der Waals surface area contributed by atoms with E-state index in [1.54, 1.807) is 11.8 Å². The summed E-state index contributed by atoms with van der Waals surface area (Å²) >= 11 is 4.08. The van der Waals surface area contributed by atoms with Crippen molar-refractivity contribution < 1.29 is 0 Å². The zero-order chi connectivity index (χ0) is 15.4. The summed E-state index contributed by atoms with van der Waals surface area (Å²) in [6.07, 6.45) is 2.08. The minimum atomic E-state index is 0.376.